The number of rotatable bonds is 4. The zero-order valence-electron chi connectivity index (χ0n) is 12.3. The summed E-state index contributed by atoms with van der Waals surface area (Å²) >= 11 is 0. The zero-order valence-corrected chi connectivity index (χ0v) is 12.3. The normalized spacial score (nSPS) is 25.5. The van der Waals surface area contributed by atoms with Gasteiger partial charge in [-0.15, -0.1) is 0 Å². The average molecular weight is 262 g/mol. The lowest BCUT2D eigenvalue weighted by Crippen LogP contribution is -2.46. The van der Waals surface area contributed by atoms with Crippen LogP contribution in [0, 0.1) is 0 Å². The Morgan fingerprint density at radius 3 is 2.95 bits per heavy atom. The van der Waals surface area contributed by atoms with Gasteiger partial charge >= 0.3 is 0 Å². The highest BCUT2D eigenvalue weighted by atomic mass is 15.2. The van der Waals surface area contributed by atoms with Gasteiger partial charge in [0, 0.05) is 44.5 Å². The fourth-order valence-corrected chi connectivity index (χ4v) is 2.62. The monoisotopic (exact) mass is 262 g/mol. The van der Waals surface area contributed by atoms with Crippen LogP contribution in [0.3, 0.4) is 0 Å². The molecule has 0 aromatic carbocycles. The van der Waals surface area contributed by atoms with Gasteiger partial charge in [-0.25, -0.2) is 0 Å². The molecule has 0 bridgehead atoms. The predicted octanol–water partition coefficient (Wildman–Crippen LogP) is 1.20. The van der Waals surface area contributed by atoms with Crippen molar-refractivity contribution in [1.82, 2.24) is 20.1 Å². The molecule has 19 heavy (non-hydrogen) atoms. The van der Waals surface area contributed by atoms with Crippen LogP contribution in [0.2, 0.25) is 0 Å². The first-order valence-corrected chi connectivity index (χ1v) is 7.17. The Morgan fingerprint density at radius 2 is 2.26 bits per heavy atom. The van der Waals surface area contributed by atoms with Crippen molar-refractivity contribution in [2.45, 2.75) is 32.0 Å². The molecule has 2 rings (SSSR count). The van der Waals surface area contributed by atoms with Crippen molar-refractivity contribution in [2.24, 2.45) is 0 Å². The third-order valence-electron chi connectivity index (χ3n) is 3.73. The zero-order chi connectivity index (χ0) is 13.7. The molecule has 0 aliphatic carbocycles. The fourth-order valence-electron chi connectivity index (χ4n) is 2.62. The van der Waals surface area contributed by atoms with Crippen LogP contribution in [0.15, 0.2) is 24.4 Å². The topological polar surface area (TPSA) is 31.4 Å². The second-order valence-electron chi connectivity index (χ2n) is 5.81. The number of likely N-dealkylation sites (N-methyl/N-ethyl adjacent to an activating group) is 1. The Kier molecular flexibility index (Phi) is 5.31. The number of aromatic nitrogens is 1. The standard InChI is InChI=1S/C15H26N4/c1-13-7-9-19(11-14-6-4-5-8-16-14)15(10-17-13)12-18(2)3/h4-6,8,13,15,17H,7,9-12H2,1-3H3. The summed E-state index contributed by atoms with van der Waals surface area (Å²) in [6.07, 6.45) is 3.09. The fraction of sp³-hybridized carbons (Fsp3) is 0.667. The van der Waals surface area contributed by atoms with Gasteiger partial charge < -0.3 is 10.2 Å². The Labute approximate surface area is 116 Å². The van der Waals surface area contributed by atoms with Gasteiger partial charge in [-0.1, -0.05) is 6.07 Å². The first-order valence-electron chi connectivity index (χ1n) is 7.17. The minimum Gasteiger partial charge on any atom is -0.313 e. The molecule has 4 nitrogen and oxygen atoms in total. The van der Waals surface area contributed by atoms with Crippen LogP contribution in [0.25, 0.3) is 0 Å². The first-order chi connectivity index (χ1) is 9.15. The maximum atomic E-state index is 4.46. The van der Waals surface area contributed by atoms with E-state index < -0.39 is 0 Å². The molecule has 2 heterocycles. The summed E-state index contributed by atoms with van der Waals surface area (Å²) in [5.74, 6) is 0. The number of hydrogen-bond donors (Lipinski definition) is 1. The molecule has 0 radical (unpaired) electrons. The molecule has 0 spiro atoms. The number of nitrogens with one attached hydrogen (secondary N) is 1. The number of nitrogens with zero attached hydrogens (tertiary/aromatic N) is 3. The lowest BCUT2D eigenvalue weighted by molar-refractivity contribution is 0.163. The molecule has 1 aromatic rings. The van der Waals surface area contributed by atoms with Crippen LogP contribution in [0.4, 0.5) is 0 Å². The highest BCUT2D eigenvalue weighted by Crippen LogP contribution is 2.12. The van der Waals surface area contributed by atoms with Crippen molar-refractivity contribution >= 4 is 0 Å². The third kappa shape index (κ3) is 4.56. The van der Waals surface area contributed by atoms with Gasteiger partial charge in [0.05, 0.1) is 5.69 Å². The maximum Gasteiger partial charge on any atom is 0.0544 e. The summed E-state index contributed by atoms with van der Waals surface area (Å²) in [6.45, 7) is 6.52. The van der Waals surface area contributed by atoms with Gasteiger partial charge in [-0.05, 0) is 39.6 Å². The SMILES string of the molecule is CC1CCN(Cc2ccccn2)C(CN(C)C)CN1. The van der Waals surface area contributed by atoms with Crippen molar-refractivity contribution in [3.63, 3.8) is 0 Å². The Morgan fingerprint density at radius 1 is 1.42 bits per heavy atom. The minimum atomic E-state index is 0.557. The quantitative estimate of drug-likeness (QED) is 0.883. The van der Waals surface area contributed by atoms with E-state index in [1.54, 1.807) is 0 Å². The molecule has 1 saturated heterocycles. The van der Waals surface area contributed by atoms with Gasteiger partial charge in [0.15, 0.2) is 0 Å². The second kappa shape index (κ2) is 6.98. The minimum absolute atomic E-state index is 0.557. The summed E-state index contributed by atoms with van der Waals surface area (Å²) in [6, 6.07) is 7.34. The molecule has 4 heteroatoms. The summed E-state index contributed by atoms with van der Waals surface area (Å²) in [7, 11) is 4.29. The van der Waals surface area contributed by atoms with E-state index in [2.05, 4.69) is 53.3 Å². The van der Waals surface area contributed by atoms with Crippen molar-refractivity contribution < 1.29 is 0 Å². The van der Waals surface area contributed by atoms with Gasteiger partial charge in [-0.2, -0.15) is 0 Å². The summed E-state index contributed by atoms with van der Waals surface area (Å²) in [5, 5.41) is 3.63. The summed E-state index contributed by atoms with van der Waals surface area (Å²) in [4.78, 5) is 9.30. The summed E-state index contributed by atoms with van der Waals surface area (Å²) in [5.41, 5.74) is 1.17. The second-order valence-corrected chi connectivity index (χ2v) is 5.81. The Hall–Kier alpha value is -0.970. The number of hydrogen-bond acceptors (Lipinski definition) is 4. The largest absolute Gasteiger partial charge is 0.313 e. The smallest absolute Gasteiger partial charge is 0.0544 e. The average Bonchev–Trinajstić information content (AvgIpc) is 2.55. The van der Waals surface area contributed by atoms with Gasteiger partial charge in [0.25, 0.3) is 0 Å². The maximum absolute atomic E-state index is 4.46. The van der Waals surface area contributed by atoms with E-state index in [-0.39, 0.29) is 0 Å². The molecule has 0 amide bonds. The van der Waals surface area contributed by atoms with Gasteiger partial charge in [0.1, 0.15) is 0 Å². The lowest BCUT2D eigenvalue weighted by Gasteiger charge is -2.31. The van der Waals surface area contributed by atoms with Crippen molar-refractivity contribution in [2.75, 3.05) is 33.7 Å². The van der Waals surface area contributed by atoms with Crippen molar-refractivity contribution in [3.05, 3.63) is 30.1 Å². The lowest BCUT2D eigenvalue weighted by atomic mass is 10.2. The molecule has 1 aromatic heterocycles. The molecular formula is C15H26N4. The third-order valence-corrected chi connectivity index (χ3v) is 3.73. The van der Waals surface area contributed by atoms with Crippen LogP contribution < -0.4 is 5.32 Å². The van der Waals surface area contributed by atoms with E-state index in [1.807, 2.05) is 12.3 Å². The predicted molar refractivity (Wildman–Crippen MR) is 79.1 cm³/mol. The number of pyridine rings is 1. The molecule has 1 aliphatic heterocycles. The van der Waals surface area contributed by atoms with Gasteiger partial charge in [-0.3, -0.25) is 9.88 Å². The van der Waals surface area contributed by atoms with Crippen LogP contribution >= 0.6 is 0 Å². The van der Waals surface area contributed by atoms with E-state index in [4.69, 9.17) is 0 Å². The Bertz CT molecular complexity index is 366. The van der Waals surface area contributed by atoms with Gasteiger partial charge in [0.2, 0.25) is 0 Å². The molecule has 106 valence electrons. The first kappa shape index (κ1) is 14.4. The van der Waals surface area contributed by atoms with E-state index in [1.165, 1.54) is 12.1 Å². The molecule has 0 saturated carbocycles. The molecule has 2 unspecified atom stereocenters. The highest BCUT2D eigenvalue weighted by molar-refractivity contribution is 5.04. The molecule has 1 aliphatic rings. The Balaban J connectivity index is 2.04. The van der Waals surface area contributed by atoms with Crippen LogP contribution in [-0.2, 0) is 6.54 Å². The van der Waals surface area contributed by atoms with E-state index in [0.717, 1.165) is 26.2 Å². The van der Waals surface area contributed by atoms with E-state index in [9.17, 15) is 0 Å². The molecular weight excluding hydrogens is 236 g/mol. The van der Waals surface area contributed by atoms with Crippen molar-refractivity contribution in [1.29, 1.82) is 0 Å². The molecule has 1 fully saturated rings. The van der Waals surface area contributed by atoms with Crippen LogP contribution in [0.5, 0.6) is 0 Å². The van der Waals surface area contributed by atoms with Crippen LogP contribution in [0.1, 0.15) is 19.0 Å². The van der Waals surface area contributed by atoms with Crippen LogP contribution in [-0.4, -0.2) is 60.6 Å². The van der Waals surface area contributed by atoms with E-state index >= 15 is 0 Å². The summed E-state index contributed by atoms with van der Waals surface area (Å²) < 4.78 is 0. The van der Waals surface area contributed by atoms with Crippen molar-refractivity contribution in [3.8, 4) is 0 Å². The molecule has 2 atom stereocenters. The van der Waals surface area contributed by atoms with E-state index in [0.29, 0.717) is 12.1 Å². The highest BCUT2D eigenvalue weighted by Gasteiger charge is 2.23. The molecule has 1 N–H and O–H groups in total.